The predicted octanol–water partition coefficient (Wildman–Crippen LogP) is 16.1. The molecule has 4 nitrogen and oxygen atoms in total. The van der Waals surface area contributed by atoms with Crippen LogP contribution in [0, 0.1) is 0 Å². The minimum absolute atomic E-state index is 0.577. The lowest BCUT2D eigenvalue weighted by molar-refractivity contribution is 0.623. The quantitative estimate of drug-likeness (QED) is 0.137. The van der Waals surface area contributed by atoms with Crippen LogP contribution in [0.3, 0.4) is 0 Å². The summed E-state index contributed by atoms with van der Waals surface area (Å²) in [4.78, 5) is 9.89. The van der Waals surface area contributed by atoms with Crippen molar-refractivity contribution in [2.24, 2.45) is 0 Å². The van der Waals surface area contributed by atoms with E-state index in [2.05, 4.69) is 246 Å². The van der Waals surface area contributed by atoms with Crippen LogP contribution in [0.2, 0.25) is 0 Å². The van der Waals surface area contributed by atoms with Crippen LogP contribution in [0.25, 0.3) is 66.4 Å². The van der Waals surface area contributed by atoms with Crippen molar-refractivity contribution in [3.05, 3.63) is 237 Å². The van der Waals surface area contributed by atoms with E-state index in [1.165, 1.54) is 11.1 Å². The highest BCUT2D eigenvalue weighted by atomic mass is 16.3. The minimum atomic E-state index is 0.577. The second-order valence-corrected chi connectivity index (χ2v) is 15.2. The Morgan fingerprint density at radius 2 is 0.705 bits per heavy atom. The zero-order chi connectivity index (χ0) is 40.5. The molecule has 0 aliphatic rings. The highest BCUT2D eigenvalue weighted by molar-refractivity contribution is 6.23. The van der Waals surface area contributed by atoms with Crippen molar-refractivity contribution in [3.63, 3.8) is 0 Å². The highest BCUT2D eigenvalue weighted by Gasteiger charge is 2.20. The van der Waals surface area contributed by atoms with E-state index < -0.39 is 0 Å². The summed E-state index contributed by atoms with van der Waals surface area (Å²) in [5.74, 6) is 0.577. The van der Waals surface area contributed by atoms with Gasteiger partial charge in [-0.25, -0.2) is 4.98 Å². The molecule has 0 radical (unpaired) electrons. The van der Waals surface area contributed by atoms with Crippen molar-refractivity contribution in [2.75, 3.05) is 9.80 Å². The molecule has 1 aromatic heterocycles. The molecule has 11 rings (SSSR count). The van der Waals surface area contributed by atoms with Gasteiger partial charge in [0.2, 0.25) is 5.89 Å². The van der Waals surface area contributed by atoms with Gasteiger partial charge >= 0.3 is 0 Å². The van der Waals surface area contributed by atoms with Gasteiger partial charge in [0.1, 0.15) is 5.52 Å². The van der Waals surface area contributed by atoms with Crippen LogP contribution >= 0.6 is 0 Å². The predicted molar refractivity (Wildman–Crippen MR) is 255 cm³/mol. The van der Waals surface area contributed by atoms with Gasteiger partial charge in [0, 0.05) is 50.5 Å². The molecule has 0 fully saturated rings. The lowest BCUT2D eigenvalue weighted by Gasteiger charge is -2.26. The maximum atomic E-state index is 6.82. The number of fused-ring (bicyclic) bond motifs is 6. The molecule has 0 saturated carbocycles. The molecule has 0 N–H and O–H groups in total. The normalized spacial score (nSPS) is 11.3. The van der Waals surface area contributed by atoms with E-state index in [0.717, 1.165) is 83.5 Å². The number of anilines is 6. The van der Waals surface area contributed by atoms with Gasteiger partial charge in [0.15, 0.2) is 5.58 Å². The van der Waals surface area contributed by atoms with Crippen LogP contribution in [-0.4, -0.2) is 4.98 Å². The van der Waals surface area contributed by atoms with Crippen LogP contribution < -0.4 is 9.80 Å². The summed E-state index contributed by atoms with van der Waals surface area (Å²) in [5.41, 5.74) is 13.6. The largest absolute Gasteiger partial charge is 0.435 e. The first-order chi connectivity index (χ1) is 30.2. The molecule has 0 unspecified atom stereocenters. The van der Waals surface area contributed by atoms with E-state index in [1.807, 2.05) is 0 Å². The third-order valence-electron chi connectivity index (χ3n) is 11.4. The lowest BCUT2D eigenvalue weighted by Crippen LogP contribution is -2.10. The van der Waals surface area contributed by atoms with Gasteiger partial charge < -0.3 is 14.2 Å². The first kappa shape index (κ1) is 35.9. The van der Waals surface area contributed by atoms with Crippen molar-refractivity contribution in [2.45, 2.75) is 0 Å². The Morgan fingerprint density at radius 3 is 1.33 bits per heavy atom. The van der Waals surface area contributed by atoms with E-state index in [4.69, 9.17) is 9.40 Å². The SMILES string of the molecule is c1ccc(-c2cccc(-c3cccc(N(c4ccccc4)c4cccc(-c5nc6c7ccc(N(c8ccccc8)c8ccccc8)cc7c7ccccc7c6o5)c4)c3)c2)cc1. The summed E-state index contributed by atoms with van der Waals surface area (Å²) < 4.78 is 6.82. The van der Waals surface area contributed by atoms with Crippen molar-refractivity contribution in [1.82, 2.24) is 4.98 Å². The second kappa shape index (κ2) is 15.5. The molecule has 288 valence electrons. The average Bonchev–Trinajstić information content (AvgIpc) is 3.80. The monoisotopic (exact) mass is 781 g/mol. The molecule has 0 saturated heterocycles. The first-order valence-electron chi connectivity index (χ1n) is 20.6. The molecule has 0 atom stereocenters. The summed E-state index contributed by atoms with van der Waals surface area (Å²) in [6.07, 6.45) is 0. The van der Waals surface area contributed by atoms with Crippen molar-refractivity contribution in [1.29, 1.82) is 0 Å². The fourth-order valence-corrected chi connectivity index (χ4v) is 8.56. The van der Waals surface area contributed by atoms with Gasteiger partial charge in [-0.05, 0) is 124 Å². The Hall–Kier alpha value is -8.21. The Kier molecular flexibility index (Phi) is 9.14. The molecule has 61 heavy (non-hydrogen) atoms. The van der Waals surface area contributed by atoms with Crippen LogP contribution in [0.4, 0.5) is 34.1 Å². The minimum Gasteiger partial charge on any atom is -0.435 e. The van der Waals surface area contributed by atoms with Crippen molar-refractivity contribution in [3.8, 4) is 33.7 Å². The van der Waals surface area contributed by atoms with Gasteiger partial charge in [-0.1, -0.05) is 146 Å². The van der Waals surface area contributed by atoms with E-state index >= 15 is 0 Å². The number of para-hydroxylation sites is 3. The maximum Gasteiger partial charge on any atom is 0.227 e. The number of hydrogen-bond acceptors (Lipinski definition) is 4. The average molecular weight is 782 g/mol. The summed E-state index contributed by atoms with van der Waals surface area (Å²) in [6, 6.07) is 83.3. The summed E-state index contributed by atoms with van der Waals surface area (Å²) >= 11 is 0. The molecule has 1 heterocycles. The van der Waals surface area contributed by atoms with Gasteiger partial charge in [0.25, 0.3) is 0 Å². The summed E-state index contributed by atoms with van der Waals surface area (Å²) in [7, 11) is 0. The molecule has 0 bridgehead atoms. The topological polar surface area (TPSA) is 32.5 Å². The molecule has 0 aliphatic heterocycles. The zero-order valence-electron chi connectivity index (χ0n) is 33.3. The third-order valence-corrected chi connectivity index (χ3v) is 11.4. The number of nitrogens with zero attached hydrogens (tertiary/aromatic N) is 3. The van der Waals surface area contributed by atoms with Crippen LogP contribution in [0.15, 0.2) is 241 Å². The van der Waals surface area contributed by atoms with E-state index in [1.54, 1.807) is 0 Å². The maximum absolute atomic E-state index is 6.82. The fourth-order valence-electron chi connectivity index (χ4n) is 8.56. The molecule has 0 aliphatic carbocycles. The third kappa shape index (κ3) is 6.76. The van der Waals surface area contributed by atoms with E-state index in [0.29, 0.717) is 5.89 Å². The van der Waals surface area contributed by atoms with E-state index in [-0.39, 0.29) is 0 Å². The second-order valence-electron chi connectivity index (χ2n) is 15.2. The molecule has 11 aromatic rings. The Morgan fingerprint density at radius 1 is 0.279 bits per heavy atom. The number of aromatic nitrogens is 1. The first-order valence-corrected chi connectivity index (χ1v) is 20.6. The zero-order valence-corrected chi connectivity index (χ0v) is 33.3. The van der Waals surface area contributed by atoms with Gasteiger partial charge in [-0.2, -0.15) is 0 Å². The Bertz CT molecular complexity index is 3270. The molecule has 0 spiro atoms. The molecule has 0 amide bonds. The standard InChI is InChI=1S/C57H39N3O/c1-5-18-40(19-6-1)41-20-15-21-42(36-41)43-22-16-30-48(37-43)60(47-28-11-4-12-29-47)49-31-17-23-44(38-49)57-58-55-52-35-34-50(39-54(52)51-32-13-14-33-53(51)56(55)61-57)59(45-24-7-2-8-25-45)46-26-9-3-10-27-46/h1-39H. The molecule has 10 aromatic carbocycles. The smallest absolute Gasteiger partial charge is 0.227 e. The Labute approximate surface area is 354 Å². The van der Waals surface area contributed by atoms with Gasteiger partial charge in [0.05, 0.1) is 0 Å². The highest BCUT2D eigenvalue weighted by Crippen LogP contribution is 2.43. The number of oxazole rings is 1. The summed E-state index contributed by atoms with van der Waals surface area (Å²) in [5, 5.41) is 4.31. The Balaban J connectivity index is 1.02. The van der Waals surface area contributed by atoms with Gasteiger partial charge in [-0.3, -0.25) is 0 Å². The van der Waals surface area contributed by atoms with E-state index in [9.17, 15) is 0 Å². The number of rotatable bonds is 9. The van der Waals surface area contributed by atoms with Crippen molar-refractivity contribution >= 4 is 66.8 Å². The van der Waals surface area contributed by atoms with Crippen LogP contribution in [-0.2, 0) is 0 Å². The number of hydrogen-bond donors (Lipinski definition) is 0. The van der Waals surface area contributed by atoms with Crippen LogP contribution in [0.1, 0.15) is 0 Å². The molecular formula is C57H39N3O. The van der Waals surface area contributed by atoms with Crippen molar-refractivity contribution < 1.29 is 4.42 Å². The molecule has 4 heteroatoms. The molecular weight excluding hydrogens is 743 g/mol. The number of benzene rings is 10. The van der Waals surface area contributed by atoms with Crippen LogP contribution in [0.5, 0.6) is 0 Å². The van der Waals surface area contributed by atoms with Gasteiger partial charge in [-0.15, -0.1) is 0 Å². The fraction of sp³-hybridized carbons (Fsp3) is 0. The summed E-state index contributed by atoms with van der Waals surface area (Å²) in [6.45, 7) is 0. The lowest BCUT2D eigenvalue weighted by atomic mass is 9.98.